The predicted octanol–water partition coefficient (Wildman–Crippen LogP) is -0.862. The van der Waals surface area contributed by atoms with Crippen molar-refractivity contribution in [2.45, 2.75) is 25.4 Å². The summed E-state index contributed by atoms with van der Waals surface area (Å²) >= 11 is 0. The largest absolute Gasteiger partial charge is 0.329 e. The van der Waals surface area contributed by atoms with Crippen molar-refractivity contribution in [2.75, 3.05) is 44.2 Å². The third kappa shape index (κ3) is 3.19. The maximum Gasteiger partial charge on any atom is 0.151 e. The van der Waals surface area contributed by atoms with E-state index in [-0.39, 0.29) is 6.04 Å². The van der Waals surface area contributed by atoms with Gasteiger partial charge in [-0.15, -0.1) is 0 Å². The summed E-state index contributed by atoms with van der Waals surface area (Å²) in [5.74, 6) is 0.728. The zero-order chi connectivity index (χ0) is 12.5. The second-order valence-corrected chi connectivity index (χ2v) is 7.45. The van der Waals surface area contributed by atoms with Crippen molar-refractivity contribution in [1.29, 1.82) is 0 Å². The van der Waals surface area contributed by atoms with Gasteiger partial charge in [-0.25, -0.2) is 8.42 Å². The van der Waals surface area contributed by atoms with Crippen molar-refractivity contribution in [2.24, 2.45) is 5.73 Å². The first kappa shape index (κ1) is 13.3. The molecule has 2 atom stereocenters. The number of nitrogens with two attached hydrogens (primary N) is 1. The van der Waals surface area contributed by atoms with E-state index in [2.05, 4.69) is 16.7 Å². The van der Waals surface area contributed by atoms with Crippen LogP contribution < -0.4 is 5.73 Å². The maximum atomic E-state index is 11.5. The normalized spacial score (nSPS) is 35.2. The minimum Gasteiger partial charge on any atom is -0.329 e. The van der Waals surface area contributed by atoms with E-state index in [1.807, 2.05) is 0 Å². The van der Waals surface area contributed by atoms with Gasteiger partial charge in [-0.1, -0.05) is 0 Å². The van der Waals surface area contributed by atoms with Crippen LogP contribution in [0, 0.1) is 0 Å². The first-order valence-electron chi connectivity index (χ1n) is 6.40. The Morgan fingerprint density at radius 3 is 2.65 bits per heavy atom. The van der Waals surface area contributed by atoms with Crippen LogP contribution in [0.5, 0.6) is 0 Å². The predicted molar refractivity (Wildman–Crippen MR) is 68.7 cm³/mol. The molecule has 0 spiro atoms. The van der Waals surface area contributed by atoms with Crippen molar-refractivity contribution in [3.63, 3.8) is 0 Å². The summed E-state index contributed by atoms with van der Waals surface area (Å²) in [5, 5.41) is 0. The van der Waals surface area contributed by atoms with E-state index in [1.165, 1.54) is 0 Å². The fourth-order valence-electron chi connectivity index (χ4n) is 2.92. The molecule has 0 radical (unpaired) electrons. The Morgan fingerprint density at radius 1 is 1.35 bits per heavy atom. The summed E-state index contributed by atoms with van der Waals surface area (Å²) < 4.78 is 23.0. The highest BCUT2D eigenvalue weighted by Crippen LogP contribution is 2.20. The Kier molecular flexibility index (Phi) is 4.07. The Labute approximate surface area is 104 Å². The molecule has 2 rings (SSSR count). The van der Waals surface area contributed by atoms with Crippen LogP contribution in [0.4, 0.5) is 0 Å². The van der Waals surface area contributed by atoms with Crippen molar-refractivity contribution >= 4 is 9.84 Å². The number of nitrogens with zero attached hydrogens (tertiary/aromatic N) is 2. The van der Waals surface area contributed by atoms with Gasteiger partial charge in [0.05, 0.1) is 11.5 Å². The van der Waals surface area contributed by atoms with Crippen LogP contribution in [0.2, 0.25) is 0 Å². The molecule has 2 heterocycles. The van der Waals surface area contributed by atoms with Gasteiger partial charge < -0.3 is 5.73 Å². The summed E-state index contributed by atoms with van der Waals surface area (Å²) in [6.07, 6.45) is 0.811. The number of sulfone groups is 1. The van der Waals surface area contributed by atoms with E-state index >= 15 is 0 Å². The zero-order valence-electron chi connectivity index (χ0n) is 10.5. The minimum atomic E-state index is -2.76. The molecule has 0 amide bonds. The fraction of sp³-hybridized carbons (Fsp3) is 1.00. The average molecular weight is 261 g/mol. The molecule has 2 fully saturated rings. The molecule has 100 valence electrons. The molecular weight excluding hydrogens is 238 g/mol. The molecule has 0 saturated carbocycles. The van der Waals surface area contributed by atoms with E-state index in [1.54, 1.807) is 0 Å². The molecule has 0 aliphatic carbocycles. The molecule has 5 nitrogen and oxygen atoms in total. The van der Waals surface area contributed by atoms with Crippen molar-refractivity contribution in [1.82, 2.24) is 9.80 Å². The number of hydrogen-bond donors (Lipinski definition) is 1. The van der Waals surface area contributed by atoms with E-state index in [4.69, 9.17) is 5.73 Å². The van der Waals surface area contributed by atoms with Gasteiger partial charge in [-0.3, -0.25) is 9.80 Å². The highest BCUT2D eigenvalue weighted by molar-refractivity contribution is 7.91. The van der Waals surface area contributed by atoms with Crippen LogP contribution in [0.3, 0.4) is 0 Å². The monoisotopic (exact) mass is 261 g/mol. The third-order valence-corrected chi connectivity index (χ3v) is 5.69. The van der Waals surface area contributed by atoms with Crippen LogP contribution in [0.25, 0.3) is 0 Å². The quantitative estimate of drug-likeness (QED) is 0.716. The maximum absolute atomic E-state index is 11.5. The van der Waals surface area contributed by atoms with Crippen LogP contribution in [0.1, 0.15) is 13.3 Å². The Balaban J connectivity index is 1.89. The van der Waals surface area contributed by atoms with Gasteiger partial charge in [0.2, 0.25) is 0 Å². The molecule has 2 unspecified atom stereocenters. The molecule has 0 aromatic carbocycles. The van der Waals surface area contributed by atoms with Gasteiger partial charge in [0.15, 0.2) is 9.84 Å². The first-order valence-corrected chi connectivity index (χ1v) is 8.22. The van der Waals surface area contributed by atoms with Gasteiger partial charge in [0, 0.05) is 44.8 Å². The van der Waals surface area contributed by atoms with Crippen molar-refractivity contribution in [3.05, 3.63) is 0 Å². The first-order chi connectivity index (χ1) is 8.02. The Hall–Kier alpha value is -0.170. The summed E-state index contributed by atoms with van der Waals surface area (Å²) in [6.45, 7) is 6.80. The summed E-state index contributed by atoms with van der Waals surface area (Å²) in [7, 11) is -2.76. The van der Waals surface area contributed by atoms with E-state index in [0.29, 0.717) is 24.1 Å². The Bertz CT molecular complexity index is 358. The lowest BCUT2D eigenvalue weighted by Crippen LogP contribution is -2.55. The molecule has 2 saturated heterocycles. The summed E-state index contributed by atoms with van der Waals surface area (Å²) in [5.41, 5.74) is 5.58. The van der Waals surface area contributed by atoms with Crippen molar-refractivity contribution < 1.29 is 8.42 Å². The number of rotatable bonds is 3. The Morgan fingerprint density at radius 2 is 2.12 bits per heavy atom. The highest BCUT2D eigenvalue weighted by Gasteiger charge is 2.35. The SMILES string of the molecule is CC1CN(C2CCS(=O)(=O)C2)CCN1CCN. The molecule has 2 aliphatic rings. The second kappa shape index (κ2) is 5.22. The molecule has 0 bridgehead atoms. The molecule has 17 heavy (non-hydrogen) atoms. The summed E-state index contributed by atoms with van der Waals surface area (Å²) in [4.78, 5) is 4.74. The van der Waals surface area contributed by atoms with Crippen molar-refractivity contribution in [3.8, 4) is 0 Å². The van der Waals surface area contributed by atoms with Crippen LogP contribution in [-0.4, -0.2) is 74.5 Å². The lowest BCUT2D eigenvalue weighted by Gasteiger charge is -2.42. The molecule has 2 aliphatic heterocycles. The fourth-order valence-corrected chi connectivity index (χ4v) is 4.68. The number of hydrogen-bond acceptors (Lipinski definition) is 5. The van der Waals surface area contributed by atoms with Gasteiger partial charge in [-0.2, -0.15) is 0 Å². The van der Waals surface area contributed by atoms with Crippen LogP contribution in [-0.2, 0) is 9.84 Å². The van der Waals surface area contributed by atoms with Crippen LogP contribution in [0.15, 0.2) is 0 Å². The third-order valence-electron chi connectivity index (χ3n) is 3.94. The zero-order valence-corrected chi connectivity index (χ0v) is 11.3. The smallest absolute Gasteiger partial charge is 0.151 e. The van der Waals surface area contributed by atoms with Gasteiger partial charge in [0.25, 0.3) is 0 Å². The van der Waals surface area contributed by atoms with Gasteiger partial charge >= 0.3 is 0 Å². The van der Waals surface area contributed by atoms with E-state index < -0.39 is 9.84 Å². The molecule has 6 heteroatoms. The van der Waals surface area contributed by atoms with Gasteiger partial charge in [0.1, 0.15) is 0 Å². The summed E-state index contributed by atoms with van der Waals surface area (Å²) in [6, 6.07) is 0.734. The molecule has 0 aromatic rings. The van der Waals surface area contributed by atoms with Gasteiger partial charge in [-0.05, 0) is 13.3 Å². The molecule has 2 N–H and O–H groups in total. The highest BCUT2D eigenvalue weighted by atomic mass is 32.2. The topological polar surface area (TPSA) is 66.6 Å². The van der Waals surface area contributed by atoms with Crippen LogP contribution >= 0.6 is 0 Å². The lowest BCUT2D eigenvalue weighted by atomic mass is 10.1. The van der Waals surface area contributed by atoms with E-state index in [9.17, 15) is 8.42 Å². The molecule has 0 aromatic heterocycles. The minimum absolute atomic E-state index is 0.252. The molecular formula is C11H23N3O2S. The second-order valence-electron chi connectivity index (χ2n) is 5.23. The van der Waals surface area contributed by atoms with E-state index in [0.717, 1.165) is 32.6 Å². The number of piperazine rings is 1. The standard InChI is InChI=1S/C11H23N3O2S/c1-10-8-14(6-5-13(10)4-3-12)11-2-7-17(15,16)9-11/h10-11H,2-9,12H2,1H3. The lowest BCUT2D eigenvalue weighted by molar-refractivity contribution is 0.0641. The average Bonchev–Trinajstić information content (AvgIpc) is 2.62.